The highest BCUT2D eigenvalue weighted by atomic mass is 32.2. The molecule has 0 aliphatic carbocycles. The Bertz CT molecular complexity index is 586. The van der Waals surface area contributed by atoms with Gasteiger partial charge in [-0.25, -0.2) is 0 Å². The summed E-state index contributed by atoms with van der Waals surface area (Å²) in [4.78, 5) is 13.4. The minimum absolute atomic E-state index is 0.00150. The molecule has 0 spiro atoms. The zero-order chi connectivity index (χ0) is 15.8. The molecule has 6 heteroatoms. The van der Waals surface area contributed by atoms with Crippen LogP contribution in [-0.2, 0) is 11.2 Å². The third-order valence-corrected chi connectivity index (χ3v) is 5.30. The van der Waals surface area contributed by atoms with Gasteiger partial charge in [0, 0.05) is 23.0 Å². The molecular formula is C16H21N3OS2. The van der Waals surface area contributed by atoms with E-state index in [0.29, 0.717) is 5.13 Å². The number of carbonyl (C=O) groups excluding carboxylic acids is 1. The number of aryl methyl sites for hydroxylation is 1. The molecule has 0 saturated carbocycles. The fourth-order valence-electron chi connectivity index (χ4n) is 1.78. The van der Waals surface area contributed by atoms with Crippen molar-refractivity contribution in [2.24, 2.45) is 5.92 Å². The van der Waals surface area contributed by atoms with Crippen LogP contribution in [0.5, 0.6) is 0 Å². The summed E-state index contributed by atoms with van der Waals surface area (Å²) in [5.41, 5.74) is 0. The van der Waals surface area contributed by atoms with Crippen LogP contribution in [0.4, 0.5) is 5.13 Å². The molecule has 1 atom stereocenters. The first kappa shape index (κ1) is 17.0. The molecule has 0 aliphatic rings. The number of benzene rings is 1. The van der Waals surface area contributed by atoms with Crippen molar-refractivity contribution in [3.05, 3.63) is 35.3 Å². The number of hydrogen-bond donors (Lipinski definition) is 1. The Morgan fingerprint density at radius 3 is 2.82 bits per heavy atom. The van der Waals surface area contributed by atoms with E-state index in [1.807, 2.05) is 25.1 Å². The first-order chi connectivity index (χ1) is 10.7. The van der Waals surface area contributed by atoms with E-state index in [4.69, 9.17) is 0 Å². The minimum atomic E-state index is -0.0757. The van der Waals surface area contributed by atoms with E-state index < -0.39 is 0 Å². The van der Waals surface area contributed by atoms with Crippen molar-refractivity contribution in [3.8, 4) is 0 Å². The van der Waals surface area contributed by atoms with E-state index in [0.717, 1.165) is 30.0 Å². The predicted octanol–water partition coefficient (Wildman–Crippen LogP) is 4.25. The van der Waals surface area contributed by atoms with Crippen LogP contribution in [0.15, 0.2) is 35.2 Å². The van der Waals surface area contributed by atoms with Crippen LogP contribution in [-0.4, -0.2) is 21.9 Å². The van der Waals surface area contributed by atoms with E-state index in [1.165, 1.54) is 16.2 Å². The largest absolute Gasteiger partial charge is 0.300 e. The second-order valence-corrected chi connectivity index (χ2v) is 7.27. The van der Waals surface area contributed by atoms with Crippen LogP contribution in [0.1, 0.15) is 31.7 Å². The maximum absolute atomic E-state index is 12.2. The molecule has 1 aromatic heterocycles. The van der Waals surface area contributed by atoms with Crippen LogP contribution < -0.4 is 5.32 Å². The number of nitrogens with one attached hydrogen (secondary N) is 1. The molecule has 1 heterocycles. The molecule has 4 nitrogen and oxygen atoms in total. The summed E-state index contributed by atoms with van der Waals surface area (Å²) in [6.45, 7) is 4.08. The molecular weight excluding hydrogens is 314 g/mol. The first-order valence-corrected chi connectivity index (χ1v) is 9.30. The number of hydrogen-bond acceptors (Lipinski definition) is 5. The van der Waals surface area contributed by atoms with Crippen molar-refractivity contribution < 1.29 is 4.79 Å². The van der Waals surface area contributed by atoms with Gasteiger partial charge < -0.3 is 5.32 Å². The molecule has 1 aromatic carbocycles. The van der Waals surface area contributed by atoms with E-state index in [1.54, 1.807) is 11.8 Å². The normalized spacial score (nSPS) is 12.1. The van der Waals surface area contributed by atoms with Crippen molar-refractivity contribution in [1.82, 2.24) is 10.2 Å². The maximum Gasteiger partial charge on any atom is 0.229 e. The Hall–Kier alpha value is -1.40. The Balaban J connectivity index is 1.79. The van der Waals surface area contributed by atoms with Crippen LogP contribution in [0.25, 0.3) is 0 Å². The molecule has 2 rings (SSSR count). The Kier molecular flexibility index (Phi) is 6.86. The summed E-state index contributed by atoms with van der Waals surface area (Å²) in [5, 5.41) is 12.6. The summed E-state index contributed by atoms with van der Waals surface area (Å²) in [7, 11) is 0. The topological polar surface area (TPSA) is 54.9 Å². The van der Waals surface area contributed by atoms with Crippen LogP contribution in [0, 0.1) is 5.92 Å². The van der Waals surface area contributed by atoms with E-state index >= 15 is 0 Å². The fraction of sp³-hybridized carbons (Fsp3) is 0.438. The summed E-state index contributed by atoms with van der Waals surface area (Å²) in [5.74, 6) is 0.673. The van der Waals surface area contributed by atoms with Gasteiger partial charge in [-0.1, -0.05) is 49.8 Å². The van der Waals surface area contributed by atoms with Crippen molar-refractivity contribution >= 4 is 34.1 Å². The molecule has 0 saturated heterocycles. The van der Waals surface area contributed by atoms with Crippen molar-refractivity contribution in [2.45, 2.75) is 38.0 Å². The number of anilines is 1. The second-order valence-electron chi connectivity index (χ2n) is 5.12. The average molecular weight is 335 g/mol. The van der Waals surface area contributed by atoms with E-state index in [2.05, 4.69) is 34.6 Å². The van der Waals surface area contributed by atoms with Gasteiger partial charge >= 0.3 is 0 Å². The highest BCUT2D eigenvalue weighted by molar-refractivity contribution is 7.99. The van der Waals surface area contributed by atoms with Crippen LogP contribution in [0.3, 0.4) is 0 Å². The van der Waals surface area contributed by atoms with Crippen molar-refractivity contribution in [3.63, 3.8) is 0 Å². The highest BCUT2D eigenvalue weighted by Gasteiger charge is 2.15. The molecule has 1 amide bonds. The lowest BCUT2D eigenvalue weighted by Gasteiger charge is -2.09. The molecule has 0 radical (unpaired) electrons. The molecule has 1 N–H and O–H groups in total. The van der Waals surface area contributed by atoms with Crippen molar-refractivity contribution in [2.75, 3.05) is 11.1 Å². The third-order valence-electron chi connectivity index (χ3n) is 3.13. The van der Waals surface area contributed by atoms with E-state index in [-0.39, 0.29) is 11.8 Å². The Labute approximate surface area is 139 Å². The molecule has 2 aromatic rings. The monoisotopic (exact) mass is 335 g/mol. The highest BCUT2D eigenvalue weighted by Crippen LogP contribution is 2.22. The quantitative estimate of drug-likeness (QED) is 0.733. The van der Waals surface area contributed by atoms with E-state index in [9.17, 15) is 4.79 Å². The lowest BCUT2D eigenvalue weighted by atomic mass is 10.2. The zero-order valence-electron chi connectivity index (χ0n) is 12.9. The molecule has 22 heavy (non-hydrogen) atoms. The summed E-state index contributed by atoms with van der Waals surface area (Å²) in [6.07, 6.45) is 3.17. The average Bonchev–Trinajstić information content (AvgIpc) is 2.99. The summed E-state index contributed by atoms with van der Waals surface area (Å²) >= 11 is 3.16. The van der Waals surface area contributed by atoms with Gasteiger partial charge in [-0.2, -0.15) is 0 Å². The van der Waals surface area contributed by atoms with Gasteiger partial charge in [-0.3, -0.25) is 4.79 Å². The summed E-state index contributed by atoms with van der Waals surface area (Å²) < 4.78 is 0. The van der Waals surface area contributed by atoms with Crippen molar-refractivity contribution in [1.29, 1.82) is 0 Å². The number of carbonyl (C=O) groups is 1. The minimum Gasteiger partial charge on any atom is -0.300 e. The first-order valence-electron chi connectivity index (χ1n) is 7.50. The lowest BCUT2D eigenvalue weighted by molar-refractivity contribution is -0.118. The molecule has 1 unspecified atom stereocenters. The van der Waals surface area contributed by atoms with Gasteiger partial charge in [0.1, 0.15) is 5.01 Å². The van der Waals surface area contributed by atoms with Gasteiger partial charge in [-0.15, -0.1) is 22.0 Å². The van der Waals surface area contributed by atoms with Gasteiger partial charge in [-0.05, 0) is 18.6 Å². The number of rotatable bonds is 8. The maximum atomic E-state index is 12.2. The number of amides is 1. The molecule has 0 bridgehead atoms. The van der Waals surface area contributed by atoms with Crippen LogP contribution >= 0.6 is 23.1 Å². The number of thioether (sulfide) groups is 1. The number of unbranched alkanes of at least 4 members (excludes halogenated alkanes) is 1. The zero-order valence-corrected chi connectivity index (χ0v) is 14.5. The smallest absolute Gasteiger partial charge is 0.229 e. The standard InChI is InChI=1S/C16H21N3OS2/c1-3-4-10-14-18-19-16(22-14)17-15(20)12(2)11-21-13-8-6-5-7-9-13/h5-9,12H,3-4,10-11H2,1-2H3,(H,17,19,20). The molecule has 0 aliphatic heterocycles. The summed E-state index contributed by atoms with van der Waals surface area (Å²) in [6, 6.07) is 10.1. The third kappa shape index (κ3) is 5.42. The predicted molar refractivity (Wildman–Crippen MR) is 93.5 cm³/mol. The van der Waals surface area contributed by atoms with Gasteiger partial charge in [0.15, 0.2) is 0 Å². The van der Waals surface area contributed by atoms with Gasteiger partial charge in [0.05, 0.1) is 0 Å². The fourth-order valence-corrected chi connectivity index (χ4v) is 3.50. The van der Waals surface area contributed by atoms with Gasteiger partial charge in [0.25, 0.3) is 0 Å². The van der Waals surface area contributed by atoms with Gasteiger partial charge in [0.2, 0.25) is 11.0 Å². The molecule has 118 valence electrons. The second kappa shape index (κ2) is 8.90. The molecule has 0 fully saturated rings. The number of nitrogens with zero attached hydrogens (tertiary/aromatic N) is 2. The Morgan fingerprint density at radius 2 is 2.09 bits per heavy atom. The lowest BCUT2D eigenvalue weighted by Crippen LogP contribution is -2.22. The van der Waals surface area contributed by atoms with Crippen LogP contribution in [0.2, 0.25) is 0 Å². The Morgan fingerprint density at radius 1 is 1.32 bits per heavy atom. The SMILES string of the molecule is CCCCc1nnc(NC(=O)C(C)CSc2ccccc2)s1. The number of aromatic nitrogens is 2.